The zero-order valence-corrected chi connectivity index (χ0v) is 18.9. The number of rotatable bonds is 4. The average molecular weight is 456 g/mol. The molecule has 0 aliphatic carbocycles. The van der Waals surface area contributed by atoms with Gasteiger partial charge in [-0.05, 0) is 62.1 Å². The second-order valence-electron chi connectivity index (χ2n) is 8.17. The average Bonchev–Trinajstić information content (AvgIpc) is 3.46. The maximum Gasteiger partial charge on any atom is 0.254 e. The summed E-state index contributed by atoms with van der Waals surface area (Å²) in [4.78, 5) is 20.2. The third-order valence-corrected chi connectivity index (χ3v) is 9.21. The minimum absolute atomic E-state index is 0.0262. The summed E-state index contributed by atoms with van der Waals surface area (Å²) >= 11 is 1.64. The molecule has 2 fully saturated rings. The number of fused-ring (bicyclic) bond motifs is 1. The molecule has 2 saturated heterocycles. The number of piperidine rings is 1. The van der Waals surface area contributed by atoms with Gasteiger partial charge in [-0.15, -0.1) is 11.3 Å². The fourth-order valence-corrected chi connectivity index (χ4v) is 7.12. The summed E-state index contributed by atoms with van der Waals surface area (Å²) in [6.45, 7) is 1.83. The lowest BCUT2D eigenvalue weighted by atomic mass is 10.1. The minimum atomic E-state index is -3.49. The van der Waals surface area contributed by atoms with E-state index in [-0.39, 0.29) is 16.8 Å². The predicted molar refractivity (Wildman–Crippen MR) is 122 cm³/mol. The van der Waals surface area contributed by atoms with Gasteiger partial charge in [0.2, 0.25) is 10.0 Å². The number of nitrogens with zero attached hydrogens (tertiary/aromatic N) is 3. The van der Waals surface area contributed by atoms with Crippen LogP contribution in [0.1, 0.15) is 53.5 Å². The number of carbonyl (C=O) groups is 1. The van der Waals surface area contributed by atoms with Crippen LogP contribution in [0.5, 0.6) is 0 Å². The van der Waals surface area contributed by atoms with E-state index in [9.17, 15) is 13.2 Å². The highest BCUT2D eigenvalue weighted by Gasteiger charge is 2.33. The molecule has 31 heavy (non-hydrogen) atoms. The van der Waals surface area contributed by atoms with Crippen LogP contribution < -0.4 is 0 Å². The molecule has 2 aromatic carbocycles. The van der Waals surface area contributed by atoms with Gasteiger partial charge in [0.15, 0.2) is 0 Å². The van der Waals surface area contributed by atoms with E-state index in [1.165, 1.54) is 0 Å². The Morgan fingerprint density at radius 3 is 2.42 bits per heavy atom. The molecular formula is C23H25N3O3S2. The van der Waals surface area contributed by atoms with Crippen LogP contribution in [-0.2, 0) is 10.0 Å². The van der Waals surface area contributed by atoms with Crippen LogP contribution >= 0.6 is 11.3 Å². The number of benzene rings is 2. The van der Waals surface area contributed by atoms with Gasteiger partial charge in [-0.25, -0.2) is 13.4 Å². The van der Waals surface area contributed by atoms with Crippen molar-refractivity contribution in [2.75, 3.05) is 19.6 Å². The first-order valence-corrected chi connectivity index (χ1v) is 13.1. The van der Waals surface area contributed by atoms with Crippen molar-refractivity contribution in [3.05, 3.63) is 59.1 Å². The molecule has 2 aliphatic heterocycles. The van der Waals surface area contributed by atoms with Gasteiger partial charge in [0.25, 0.3) is 5.91 Å². The van der Waals surface area contributed by atoms with E-state index in [0.717, 1.165) is 47.3 Å². The van der Waals surface area contributed by atoms with Crippen molar-refractivity contribution in [2.45, 2.75) is 43.0 Å². The van der Waals surface area contributed by atoms with Crippen molar-refractivity contribution in [3.8, 4) is 0 Å². The second kappa shape index (κ2) is 8.33. The van der Waals surface area contributed by atoms with E-state index in [0.29, 0.717) is 25.2 Å². The van der Waals surface area contributed by atoms with E-state index in [4.69, 9.17) is 4.98 Å². The first-order valence-electron chi connectivity index (χ1n) is 10.8. The molecule has 3 aromatic rings. The molecule has 162 valence electrons. The molecule has 5 rings (SSSR count). The molecule has 3 heterocycles. The van der Waals surface area contributed by atoms with Gasteiger partial charge in [-0.2, -0.15) is 4.31 Å². The van der Waals surface area contributed by atoms with Crippen LogP contribution in [0.4, 0.5) is 0 Å². The van der Waals surface area contributed by atoms with Crippen LogP contribution in [0.2, 0.25) is 0 Å². The number of thiazole rings is 1. The lowest BCUT2D eigenvalue weighted by Crippen LogP contribution is -2.35. The van der Waals surface area contributed by atoms with Crippen molar-refractivity contribution < 1.29 is 13.2 Å². The Kier molecular flexibility index (Phi) is 5.54. The summed E-state index contributed by atoms with van der Waals surface area (Å²) in [7, 11) is -3.49. The monoisotopic (exact) mass is 455 g/mol. The molecule has 0 unspecified atom stereocenters. The topological polar surface area (TPSA) is 70.6 Å². The molecule has 1 aromatic heterocycles. The highest BCUT2D eigenvalue weighted by Crippen LogP contribution is 2.37. The Labute approximate surface area is 186 Å². The third kappa shape index (κ3) is 3.88. The van der Waals surface area contributed by atoms with Crippen LogP contribution in [0.25, 0.3) is 10.2 Å². The molecule has 0 N–H and O–H groups in total. The maximum absolute atomic E-state index is 13.3. The number of amides is 1. The van der Waals surface area contributed by atoms with Gasteiger partial charge in [-0.3, -0.25) is 4.79 Å². The fourth-order valence-electron chi connectivity index (χ4n) is 4.49. The molecule has 2 aliphatic rings. The summed E-state index contributed by atoms with van der Waals surface area (Å²) in [6, 6.07) is 14.4. The van der Waals surface area contributed by atoms with Gasteiger partial charge in [0.05, 0.1) is 21.2 Å². The van der Waals surface area contributed by atoms with Gasteiger partial charge in [-0.1, -0.05) is 18.6 Å². The second-order valence-corrected chi connectivity index (χ2v) is 11.2. The fraction of sp³-hybridized carbons (Fsp3) is 0.391. The van der Waals surface area contributed by atoms with E-state index >= 15 is 0 Å². The highest BCUT2D eigenvalue weighted by atomic mass is 32.2. The summed E-state index contributed by atoms with van der Waals surface area (Å²) in [5.74, 6) is -0.0660. The summed E-state index contributed by atoms with van der Waals surface area (Å²) in [5, 5.41) is 0.969. The van der Waals surface area contributed by atoms with E-state index in [1.807, 2.05) is 23.1 Å². The number of hydrogen-bond acceptors (Lipinski definition) is 5. The Balaban J connectivity index is 1.36. The van der Waals surface area contributed by atoms with Crippen molar-refractivity contribution in [1.82, 2.24) is 14.2 Å². The number of carbonyl (C=O) groups excluding carboxylic acids is 1. The summed E-state index contributed by atoms with van der Waals surface area (Å²) in [6.07, 6.45) is 4.71. The normalized spacial score (nSPS) is 20.4. The third-order valence-electron chi connectivity index (χ3n) is 6.16. The van der Waals surface area contributed by atoms with Crippen molar-refractivity contribution in [1.29, 1.82) is 0 Å². The molecule has 0 bridgehead atoms. The number of likely N-dealkylation sites (tertiary alicyclic amines) is 1. The minimum Gasteiger partial charge on any atom is -0.329 e. The first kappa shape index (κ1) is 20.6. The predicted octanol–water partition coefficient (Wildman–Crippen LogP) is 4.45. The number of para-hydroxylation sites is 1. The smallest absolute Gasteiger partial charge is 0.254 e. The lowest BCUT2D eigenvalue weighted by Gasteiger charge is -2.26. The van der Waals surface area contributed by atoms with E-state index in [2.05, 4.69) is 6.07 Å². The van der Waals surface area contributed by atoms with Crippen LogP contribution in [0.15, 0.2) is 53.4 Å². The van der Waals surface area contributed by atoms with E-state index in [1.54, 1.807) is 39.9 Å². The molecule has 1 amide bonds. The molecule has 6 nitrogen and oxygen atoms in total. The molecule has 1 atom stereocenters. The zero-order valence-electron chi connectivity index (χ0n) is 17.2. The number of hydrogen-bond donors (Lipinski definition) is 0. The quantitative estimate of drug-likeness (QED) is 0.583. The Morgan fingerprint density at radius 2 is 1.68 bits per heavy atom. The molecule has 0 saturated carbocycles. The van der Waals surface area contributed by atoms with Gasteiger partial charge in [0.1, 0.15) is 5.01 Å². The summed E-state index contributed by atoms with van der Waals surface area (Å²) < 4.78 is 28.4. The SMILES string of the molecule is O=C(c1ccc(S(=O)(=O)N2CCCCC2)cc1)N1CCC[C@@H]1c1nc2ccccc2s1. The number of sulfonamides is 1. The van der Waals surface area contributed by atoms with Crippen LogP contribution in [0, 0.1) is 0 Å². The van der Waals surface area contributed by atoms with Crippen molar-refractivity contribution in [3.63, 3.8) is 0 Å². The maximum atomic E-state index is 13.3. The highest BCUT2D eigenvalue weighted by molar-refractivity contribution is 7.89. The molecule has 0 radical (unpaired) electrons. The van der Waals surface area contributed by atoms with Crippen LogP contribution in [-0.4, -0.2) is 48.1 Å². The van der Waals surface area contributed by atoms with Gasteiger partial charge >= 0.3 is 0 Å². The first-order chi connectivity index (χ1) is 15.0. The lowest BCUT2D eigenvalue weighted by molar-refractivity contribution is 0.0735. The van der Waals surface area contributed by atoms with Crippen molar-refractivity contribution >= 4 is 37.5 Å². The summed E-state index contributed by atoms with van der Waals surface area (Å²) in [5.41, 5.74) is 1.49. The van der Waals surface area contributed by atoms with Gasteiger partial charge in [0, 0.05) is 25.2 Å². The number of aromatic nitrogens is 1. The Morgan fingerprint density at radius 1 is 0.935 bits per heavy atom. The molecule has 8 heteroatoms. The Bertz CT molecular complexity index is 1170. The zero-order chi connectivity index (χ0) is 21.4. The van der Waals surface area contributed by atoms with Crippen molar-refractivity contribution in [2.24, 2.45) is 0 Å². The Hall–Kier alpha value is -2.29. The molecular weight excluding hydrogens is 430 g/mol. The van der Waals surface area contributed by atoms with E-state index < -0.39 is 10.0 Å². The van der Waals surface area contributed by atoms with Crippen LogP contribution in [0.3, 0.4) is 0 Å². The largest absolute Gasteiger partial charge is 0.329 e. The van der Waals surface area contributed by atoms with Gasteiger partial charge < -0.3 is 4.90 Å². The molecule has 0 spiro atoms. The standard InChI is InChI=1S/C23H25N3O3S2/c27-23(17-10-12-18(13-11-17)31(28,29)25-14-4-1-5-15-25)26-16-6-8-20(26)22-24-19-7-2-3-9-21(19)30-22/h2-3,7,9-13,20H,1,4-6,8,14-16H2/t20-/m1/s1.